The van der Waals surface area contributed by atoms with Gasteiger partial charge in [-0.15, -0.1) is 0 Å². The van der Waals surface area contributed by atoms with Gasteiger partial charge >= 0.3 is 0 Å². The molecule has 0 N–H and O–H groups in total. The summed E-state index contributed by atoms with van der Waals surface area (Å²) in [6.07, 6.45) is 0. The van der Waals surface area contributed by atoms with Crippen LogP contribution in [-0.2, 0) is 19.3 Å². The molecule has 0 amide bonds. The molecule has 1 aromatic rings. The first-order chi connectivity index (χ1) is 8.56. The molecule has 0 saturated carbocycles. The third-order valence-corrected chi connectivity index (χ3v) is 5.19. The summed E-state index contributed by atoms with van der Waals surface area (Å²) in [6.45, 7) is 4.54. The molecule has 0 unspecified atom stereocenters. The molecule has 1 fully saturated rings. The van der Waals surface area contributed by atoms with Crippen molar-refractivity contribution in [3.8, 4) is 0 Å². The molecule has 0 bridgehead atoms. The second kappa shape index (κ2) is 4.99. The molecule has 1 aliphatic rings. The first kappa shape index (κ1) is 13.5. The van der Waals surface area contributed by atoms with E-state index in [4.69, 9.17) is 9.47 Å². The number of hydrogen-bond acceptors (Lipinski definition) is 4. The maximum Gasteiger partial charge on any atom is 0.203 e. The van der Waals surface area contributed by atoms with Crippen molar-refractivity contribution in [2.24, 2.45) is 0 Å². The Morgan fingerprint density at radius 1 is 1.17 bits per heavy atom. The van der Waals surface area contributed by atoms with Gasteiger partial charge in [0.2, 0.25) is 5.79 Å². The van der Waals surface area contributed by atoms with Crippen molar-refractivity contribution < 1.29 is 17.9 Å². The monoisotopic (exact) mass is 270 g/mol. The van der Waals surface area contributed by atoms with Gasteiger partial charge < -0.3 is 9.47 Å². The summed E-state index contributed by atoms with van der Waals surface area (Å²) in [5, 5.41) is -0.717. The van der Waals surface area contributed by atoms with Gasteiger partial charge in [-0.3, -0.25) is 0 Å². The smallest absolute Gasteiger partial charge is 0.203 e. The maximum absolute atomic E-state index is 12.0. The van der Waals surface area contributed by atoms with Crippen molar-refractivity contribution >= 4 is 9.84 Å². The Morgan fingerprint density at radius 2 is 1.72 bits per heavy atom. The molecule has 0 aliphatic carbocycles. The van der Waals surface area contributed by atoms with Crippen LogP contribution in [0.2, 0.25) is 0 Å². The number of ether oxygens (including phenoxy) is 2. The number of rotatable bonds is 5. The van der Waals surface area contributed by atoms with Gasteiger partial charge in [0.05, 0.1) is 0 Å². The summed E-state index contributed by atoms with van der Waals surface area (Å²) >= 11 is 0. The molecule has 1 saturated heterocycles. The lowest BCUT2D eigenvalue weighted by Crippen LogP contribution is -2.60. The van der Waals surface area contributed by atoms with E-state index in [-0.39, 0.29) is 5.75 Å². The lowest BCUT2D eigenvalue weighted by Gasteiger charge is -2.47. The lowest BCUT2D eigenvalue weighted by atomic mass is 10.0. The van der Waals surface area contributed by atoms with Gasteiger partial charge in [-0.25, -0.2) is 8.42 Å². The standard InChI is InChI=1S/C13H18O4S/c1-3-16-13(17-4-2)10-18(14,15)12(13)11-8-6-5-7-9-11/h5-9,12H,3-4,10H2,1-2H3/t12-/m0/s1. The van der Waals surface area contributed by atoms with Crippen LogP contribution < -0.4 is 0 Å². The molecule has 4 nitrogen and oxygen atoms in total. The van der Waals surface area contributed by atoms with Gasteiger partial charge in [0.1, 0.15) is 11.0 Å². The SMILES string of the molecule is CCOC1(OCC)CS(=O)(=O)[C@H]1c1ccccc1. The second-order valence-corrected chi connectivity index (χ2v) is 6.36. The van der Waals surface area contributed by atoms with Crippen LogP contribution in [0.1, 0.15) is 24.7 Å². The van der Waals surface area contributed by atoms with Gasteiger partial charge in [0.25, 0.3) is 0 Å². The van der Waals surface area contributed by atoms with E-state index in [2.05, 4.69) is 0 Å². The van der Waals surface area contributed by atoms with Crippen molar-refractivity contribution in [1.82, 2.24) is 0 Å². The Morgan fingerprint density at radius 3 is 2.17 bits per heavy atom. The molecule has 2 rings (SSSR count). The fraction of sp³-hybridized carbons (Fsp3) is 0.538. The van der Waals surface area contributed by atoms with Crippen molar-refractivity contribution in [2.45, 2.75) is 24.9 Å². The van der Waals surface area contributed by atoms with Crippen molar-refractivity contribution in [3.63, 3.8) is 0 Å². The Kier molecular flexibility index (Phi) is 3.75. The molecule has 1 atom stereocenters. The number of sulfone groups is 1. The Labute approximate surface area is 108 Å². The Hall–Kier alpha value is -0.910. The van der Waals surface area contributed by atoms with Crippen molar-refractivity contribution in [2.75, 3.05) is 19.0 Å². The van der Waals surface area contributed by atoms with Crippen LogP contribution in [0.3, 0.4) is 0 Å². The lowest BCUT2D eigenvalue weighted by molar-refractivity contribution is -0.230. The molecule has 0 radical (unpaired) electrons. The summed E-state index contributed by atoms with van der Waals surface area (Å²) in [5.41, 5.74) is 0.727. The van der Waals surface area contributed by atoms with Crippen LogP contribution >= 0.6 is 0 Å². The average Bonchev–Trinajstić information content (AvgIpc) is 2.29. The molecular weight excluding hydrogens is 252 g/mol. The summed E-state index contributed by atoms with van der Waals surface area (Å²) in [5.74, 6) is -1.08. The predicted octanol–water partition coefficient (Wildman–Crippen LogP) is 1.93. The highest BCUT2D eigenvalue weighted by molar-refractivity contribution is 7.93. The topological polar surface area (TPSA) is 52.6 Å². The van der Waals surface area contributed by atoms with E-state index in [0.717, 1.165) is 5.56 Å². The zero-order valence-electron chi connectivity index (χ0n) is 10.6. The molecule has 100 valence electrons. The predicted molar refractivity (Wildman–Crippen MR) is 69.0 cm³/mol. The quantitative estimate of drug-likeness (QED) is 0.767. The van der Waals surface area contributed by atoms with E-state index in [9.17, 15) is 8.42 Å². The van der Waals surface area contributed by atoms with Crippen LogP contribution in [0.15, 0.2) is 30.3 Å². The van der Waals surface area contributed by atoms with Crippen LogP contribution in [0.4, 0.5) is 0 Å². The molecule has 18 heavy (non-hydrogen) atoms. The first-order valence-electron chi connectivity index (χ1n) is 6.10. The highest BCUT2D eigenvalue weighted by atomic mass is 32.2. The van der Waals surface area contributed by atoms with Gasteiger partial charge in [-0.2, -0.15) is 0 Å². The fourth-order valence-electron chi connectivity index (χ4n) is 2.47. The minimum absolute atomic E-state index is 0.0682. The summed E-state index contributed by atoms with van der Waals surface area (Å²) in [6, 6.07) is 9.11. The third kappa shape index (κ3) is 2.18. The molecule has 5 heteroatoms. The fourth-order valence-corrected chi connectivity index (χ4v) is 4.57. The molecule has 1 heterocycles. The normalized spacial score (nSPS) is 24.4. The Balaban J connectivity index is 2.38. The zero-order chi connectivity index (χ0) is 13.2. The van der Waals surface area contributed by atoms with Gasteiger partial charge in [-0.05, 0) is 19.4 Å². The van der Waals surface area contributed by atoms with E-state index in [1.807, 2.05) is 32.0 Å². The van der Waals surface area contributed by atoms with Gasteiger partial charge in [0, 0.05) is 13.2 Å². The van der Waals surface area contributed by atoms with E-state index in [1.54, 1.807) is 12.1 Å². The van der Waals surface area contributed by atoms with Crippen LogP contribution in [0, 0.1) is 0 Å². The summed E-state index contributed by atoms with van der Waals surface area (Å²) in [4.78, 5) is 0. The van der Waals surface area contributed by atoms with E-state index >= 15 is 0 Å². The van der Waals surface area contributed by atoms with Crippen LogP contribution in [0.5, 0.6) is 0 Å². The number of hydrogen-bond donors (Lipinski definition) is 0. The third-order valence-electron chi connectivity index (χ3n) is 3.04. The van der Waals surface area contributed by atoms with E-state index in [0.29, 0.717) is 13.2 Å². The minimum atomic E-state index is -3.18. The molecule has 0 spiro atoms. The molecule has 1 aliphatic heterocycles. The van der Waals surface area contributed by atoms with Gasteiger partial charge in [0.15, 0.2) is 9.84 Å². The highest BCUT2D eigenvalue weighted by Gasteiger charge is 2.61. The van der Waals surface area contributed by atoms with Crippen LogP contribution in [-0.4, -0.2) is 33.2 Å². The molecular formula is C13H18O4S. The van der Waals surface area contributed by atoms with Crippen LogP contribution in [0.25, 0.3) is 0 Å². The largest absolute Gasteiger partial charge is 0.348 e. The van der Waals surface area contributed by atoms with E-state index < -0.39 is 20.9 Å². The van der Waals surface area contributed by atoms with Crippen molar-refractivity contribution in [1.29, 1.82) is 0 Å². The maximum atomic E-state index is 12.0. The summed E-state index contributed by atoms with van der Waals surface area (Å²) < 4.78 is 35.3. The second-order valence-electron chi connectivity index (χ2n) is 4.28. The number of benzene rings is 1. The minimum Gasteiger partial charge on any atom is -0.348 e. The zero-order valence-corrected chi connectivity index (χ0v) is 11.4. The molecule has 0 aromatic heterocycles. The highest BCUT2D eigenvalue weighted by Crippen LogP contribution is 2.48. The summed E-state index contributed by atoms with van der Waals surface area (Å²) in [7, 11) is -3.18. The first-order valence-corrected chi connectivity index (χ1v) is 7.81. The average molecular weight is 270 g/mol. The van der Waals surface area contributed by atoms with Crippen molar-refractivity contribution in [3.05, 3.63) is 35.9 Å². The van der Waals surface area contributed by atoms with Gasteiger partial charge in [-0.1, -0.05) is 30.3 Å². The van der Waals surface area contributed by atoms with E-state index in [1.165, 1.54) is 0 Å². The Bertz CT molecular complexity index is 489. The molecule has 1 aromatic carbocycles.